The summed E-state index contributed by atoms with van der Waals surface area (Å²) in [5, 5.41) is 30.7. The molecule has 0 saturated carbocycles. The summed E-state index contributed by atoms with van der Waals surface area (Å²) >= 11 is 0.0294. The molecular weight excluding hydrogens is 281 g/mol. The van der Waals surface area contributed by atoms with E-state index in [9.17, 15) is 15.0 Å². The van der Waals surface area contributed by atoms with Crippen molar-refractivity contribution in [3.8, 4) is 0 Å². The quantitative estimate of drug-likeness (QED) is 0.439. The summed E-state index contributed by atoms with van der Waals surface area (Å²) in [6.07, 6.45) is -3.08. The number of carbonyl (C=O) groups excluding carboxylic acids is 1. The topological polar surface area (TPSA) is 99.0 Å². The van der Waals surface area contributed by atoms with Crippen LogP contribution in [0.25, 0.3) is 0 Å². The van der Waals surface area contributed by atoms with Gasteiger partial charge in [-0.1, -0.05) is 0 Å². The van der Waals surface area contributed by atoms with Crippen molar-refractivity contribution < 1.29 is 24.9 Å². The second-order valence-electron chi connectivity index (χ2n) is 3.67. The van der Waals surface area contributed by atoms with Crippen LogP contribution in [-0.2, 0) is 9.53 Å². The van der Waals surface area contributed by atoms with Gasteiger partial charge in [-0.05, 0) is 0 Å². The van der Waals surface area contributed by atoms with Crippen LogP contribution in [0.3, 0.4) is 0 Å². The fraction of sp³-hybridized carbons (Fsp3) is 0.889. The van der Waals surface area contributed by atoms with Crippen molar-refractivity contribution in [2.24, 2.45) is 0 Å². The SMILES string of the molecule is C[Se][C@H]1O[C@H](CO)[C@H](O)[C@H](O)[C@H]1NC(C)=O. The fourth-order valence-corrected chi connectivity index (χ4v) is 3.30. The standard InChI is InChI=1S/C9H17NO5Se/c1-4(12)10-6-8(14)7(13)5(3-11)15-9(6)16-2/h5-9,11,13-14H,3H2,1-2H3,(H,10,12)/t5-,6-,7+,8-,9-/m1/s1. The third-order valence-electron chi connectivity index (χ3n) is 2.48. The zero-order valence-electron chi connectivity index (χ0n) is 9.16. The van der Waals surface area contributed by atoms with Crippen molar-refractivity contribution in [2.45, 2.75) is 42.1 Å². The maximum atomic E-state index is 11.0. The van der Waals surface area contributed by atoms with Crippen molar-refractivity contribution >= 4 is 20.9 Å². The Labute approximate surface area is 100 Å². The predicted molar refractivity (Wildman–Crippen MR) is 57.0 cm³/mol. The van der Waals surface area contributed by atoms with Crippen molar-refractivity contribution in [1.82, 2.24) is 5.32 Å². The van der Waals surface area contributed by atoms with Gasteiger partial charge in [0.25, 0.3) is 0 Å². The third kappa shape index (κ3) is 2.94. The van der Waals surface area contributed by atoms with E-state index >= 15 is 0 Å². The molecule has 1 fully saturated rings. The number of nitrogens with one attached hydrogen (secondary N) is 1. The molecule has 0 bridgehead atoms. The van der Waals surface area contributed by atoms with Gasteiger partial charge < -0.3 is 0 Å². The number of aliphatic hydroxyl groups excluding tert-OH is 3. The molecule has 7 heteroatoms. The minimum absolute atomic E-state index is 0.0294. The number of amides is 1. The molecule has 16 heavy (non-hydrogen) atoms. The number of rotatable bonds is 3. The van der Waals surface area contributed by atoms with Crippen LogP contribution in [0.5, 0.6) is 0 Å². The molecular formula is C9H17NO5Se. The van der Waals surface area contributed by atoms with Crippen molar-refractivity contribution in [3.63, 3.8) is 0 Å². The Morgan fingerprint density at radius 2 is 2.06 bits per heavy atom. The first-order valence-electron chi connectivity index (χ1n) is 4.93. The maximum absolute atomic E-state index is 11.0. The van der Waals surface area contributed by atoms with Gasteiger partial charge in [0, 0.05) is 0 Å². The van der Waals surface area contributed by atoms with Crippen LogP contribution in [0.15, 0.2) is 0 Å². The number of carbonyl (C=O) groups is 1. The molecule has 6 nitrogen and oxygen atoms in total. The molecule has 0 aliphatic carbocycles. The Bertz CT molecular complexity index is 250. The van der Waals surface area contributed by atoms with E-state index in [1.54, 1.807) is 0 Å². The predicted octanol–water partition coefficient (Wildman–Crippen LogP) is -2.32. The average Bonchev–Trinajstić information content (AvgIpc) is 2.25. The molecule has 1 aliphatic heterocycles. The average molecular weight is 298 g/mol. The monoisotopic (exact) mass is 299 g/mol. The van der Waals surface area contributed by atoms with Gasteiger partial charge in [0.15, 0.2) is 0 Å². The van der Waals surface area contributed by atoms with E-state index < -0.39 is 24.4 Å². The van der Waals surface area contributed by atoms with Gasteiger partial charge >= 0.3 is 99.7 Å². The Morgan fingerprint density at radius 1 is 1.44 bits per heavy atom. The van der Waals surface area contributed by atoms with Crippen molar-refractivity contribution in [1.29, 1.82) is 0 Å². The van der Waals surface area contributed by atoms with Gasteiger partial charge in [0.1, 0.15) is 0 Å². The van der Waals surface area contributed by atoms with Crippen LogP contribution in [0.4, 0.5) is 0 Å². The zero-order chi connectivity index (χ0) is 12.3. The van der Waals surface area contributed by atoms with Gasteiger partial charge in [-0.25, -0.2) is 0 Å². The molecule has 0 aromatic heterocycles. The Kier molecular flexibility index (Phi) is 5.17. The summed E-state index contributed by atoms with van der Waals surface area (Å²) < 4.78 is 5.43. The Hall–Kier alpha value is -0.171. The Balaban J connectivity index is 2.77. The summed E-state index contributed by atoms with van der Waals surface area (Å²) in [4.78, 5) is 11.0. The first-order valence-corrected chi connectivity index (χ1v) is 7.63. The molecule has 4 N–H and O–H groups in total. The van der Waals surface area contributed by atoms with E-state index in [4.69, 9.17) is 9.84 Å². The molecule has 1 rings (SSSR count). The van der Waals surface area contributed by atoms with E-state index in [-0.39, 0.29) is 32.5 Å². The van der Waals surface area contributed by atoms with Crippen molar-refractivity contribution in [3.05, 3.63) is 0 Å². The first-order chi connectivity index (χ1) is 7.51. The molecule has 1 heterocycles. The van der Waals surface area contributed by atoms with E-state index in [1.807, 2.05) is 5.82 Å². The van der Waals surface area contributed by atoms with Crippen LogP contribution in [-0.4, -0.2) is 72.1 Å². The fourth-order valence-electron chi connectivity index (χ4n) is 1.67. The number of aliphatic hydroxyl groups is 3. The zero-order valence-corrected chi connectivity index (χ0v) is 10.9. The molecule has 1 aliphatic rings. The van der Waals surface area contributed by atoms with Gasteiger partial charge in [0.05, 0.1) is 0 Å². The number of hydrogen-bond acceptors (Lipinski definition) is 5. The van der Waals surface area contributed by atoms with E-state index in [1.165, 1.54) is 6.92 Å². The van der Waals surface area contributed by atoms with Crippen LogP contribution in [0, 0.1) is 0 Å². The summed E-state index contributed by atoms with van der Waals surface area (Å²) in [5.74, 6) is 1.63. The molecule has 94 valence electrons. The van der Waals surface area contributed by atoms with E-state index in [0.29, 0.717) is 0 Å². The summed E-state index contributed by atoms with van der Waals surface area (Å²) in [5.41, 5.74) is 0. The van der Waals surface area contributed by atoms with Gasteiger partial charge in [-0.2, -0.15) is 0 Å². The molecule has 0 spiro atoms. The van der Waals surface area contributed by atoms with Crippen molar-refractivity contribution in [2.75, 3.05) is 6.61 Å². The summed E-state index contributed by atoms with van der Waals surface area (Å²) in [7, 11) is 0. The van der Waals surface area contributed by atoms with Gasteiger partial charge in [-0.3, -0.25) is 0 Å². The summed E-state index contributed by atoms with van der Waals surface area (Å²) in [6, 6.07) is -0.611. The second-order valence-corrected chi connectivity index (χ2v) is 5.63. The van der Waals surface area contributed by atoms with Crippen LogP contribution in [0.2, 0.25) is 5.82 Å². The van der Waals surface area contributed by atoms with Gasteiger partial charge in [0.2, 0.25) is 0 Å². The third-order valence-corrected chi connectivity index (χ3v) is 4.31. The molecule has 1 saturated heterocycles. The first kappa shape index (κ1) is 13.9. The molecule has 1 amide bonds. The Morgan fingerprint density at radius 3 is 2.50 bits per heavy atom. The molecule has 0 radical (unpaired) electrons. The molecule has 0 aromatic rings. The minimum atomic E-state index is -1.18. The van der Waals surface area contributed by atoms with E-state index in [0.717, 1.165) is 0 Å². The van der Waals surface area contributed by atoms with Gasteiger partial charge in [-0.15, -0.1) is 0 Å². The molecule has 0 unspecified atom stereocenters. The number of ether oxygens (including phenoxy) is 1. The van der Waals surface area contributed by atoms with Crippen LogP contribution in [0.1, 0.15) is 6.92 Å². The number of hydrogen-bond donors (Lipinski definition) is 4. The van der Waals surface area contributed by atoms with Crippen LogP contribution >= 0.6 is 0 Å². The molecule has 0 aromatic carbocycles. The summed E-state index contributed by atoms with van der Waals surface area (Å²) in [6.45, 7) is 0.995. The van der Waals surface area contributed by atoms with E-state index in [2.05, 4.69) is 5.32 Å². The second kappa shape index (κ2) is 5.95. The normalized spacial score (nSPS) is 39.4. The molecule has 5 atom stereocenters. The van der Waals surface area contributed by atoms with Crippen LogP contribution < -0.4 is 5.32 Å².